The molecule has 0 unspecified atom stereocenters. The third-order valence-electron chi connectivity index (χ3n) is 3.79. The second-order valence-electron chi connectivity index (χ2n) is 5.20. The summed E-state index contributed by atoms with van der Waals surface area (Å²) in [5.41, 5.74) is 1.42. The highest BCUT2D eigenvalue weighted by molar-refractivity contribution is 6.35. The van der Waals surface area contributed by atoms with Gasteiger partial charge in [0.15, 0.2) is 0 Å². The smallest absolute Gasteiger partial charge is 0.267 e. The van der Waals surface area contributed by atoms with Gasteiger partial charge in [-0.05, 0) is 25.0 Å². The van der Waals surface area contributed by atoms with Gasteiger partial charge < -0.3 is 10.3 Å². The number of para-hydroxylation sites is 1. The largest absolute Gasteiger partial charge is 0.349 e. The van der Waals surface area contributed by atoms with Crippen molar-refractivity contribution in [1.29, 1.82) is 0 Å². The van der Waals surface area contributed by atoms with Crippen LogP contribution in [0.5, 0.6) is 0 Å². The number of halogens is 1. The summed E-state index contributed by atoms with van der Waals surface area (Å²) in [6.45, 7) is 0. The summed E-state index contributed by atoms with van der Waals surface area (Å²) in [4.78, 5) is 15.3. The molecule has 0 spiro atoms. The van der Waals surface area contributed by atoms with Crippen LogP contribution >= 0.6 is 11.6 Å². The molecule has 1 amide bonds. The van der Waals surface area contributed by atoms with E-state index in [0.717, 1.165) is 23.7 Å². The van der Waals surface area contributed by atoms with Crippen molar-refractivity contribution in [2.45, 2.75) is 38.1 Å². The summed E-state index contributed by atoms with van der Waals surface area (Å²) >= 11 is 6.10. The molecule has 100 valence electrons. The number of aromatic amines is 1. The number of rotatable bonds is 2. The van der Waals surface area contributed by atoms with Gasteiger partial charge in [0, 0.05) is 11.4 Å². The third-order valence-corrected chi connectivity index (χ3v) is 4.11. The van der Waals surface area contributed by atoms with Crippen molar-refractivity contribution in [3.63, 3.8) is 0 Å². The Kier molecular flexibility index (Phi) is 3.47. The molecule has 0 aliphatic heterocycles. The standard InChI is InChI=1S/C15H17ClN2O/c16-12-8-4-5-10-9-13(18-14(10)12)15(19)17-11-6-2-1-3-7-11/h4-5,8-9,11,18H,1-3,6-7H2,(H,17,19). The van der Waals surface area contributed by atoms with Gasteiger partial charge in [-0.3, -0.25) is 4.79 Å². The van der Waals surface area contributed by atoms with Crippen LogP contribution in [0.4, 0.5) is 0 Å². The fourth-order valence-electron chi connectivity index (χ4n) is 2.75. The molecule has 1 aliphatic carbocycles. The minimum Gasteiger partial charge on any atom is -0.349 e. The van der Waals surface area contributed by atoms with Crippen molar-refractivity contribution in [2.24, 2.45) is 0 Å². The molecule has 1 aromatic heterocycles. The van der Waals surface area contributed by atoms with E-state index in [9.17, 15) is 4.79 Å². The molecule has 0 saturated heterocycles. The first-order valence-corrected chi connectivity index (χ1v) is 7.20. The second-order valence-corrected chi connectivity index (χ2v) is 5.60. The molecule has 3 rings (SSSR count). The fraction of sp³-hybridized carbons (Fsp3) is 0.400. The Labute approximate surface area is 117 Å². The van der Waals surface area contributed by atoms with E-state index in [2.05, 4.69) is 10.3 Å². The van der Waals surface area contributed by atoms with Gasteiger partial charge in [-0.1, -0.05) is 43.0 Å². The van der Waals surface area contributed by atoms with E-state index < -0.39 is 0 Å². The van der Waals surface area contributed by atoms with Gasteiger partial charge in [0.1, 0.15) is 5.69 Å². The number of fused-ring (bicyclic) bond motifs is 1. The lowest BCUT2D eigenvalue weighted by Crippen LogP contribution is -2.36. The molecule has 1 heterocycles. The third kappa shape index (κ3) is 2.61. The highest BCUT2D eigenvalue weighted by Gasteiger charge is 2.18. The molecule has 1 aromatic carbocycles. The van der Waals surface area contributed by atoms with Gasteiger partial charge in [-0.25, -0.2) is 0 Å². The van der Waals surface area contributed by atoms with Crippen LogP contribution in [0.1, 0.15) is 42.6 Å². The maximum absolute atomic E-state index is 12.2. The van der Waals surface area contributed by atoms with Crippen LogP contribution < -0.4 is 5.32 Å². The number of carbonyl (C=O) groups excluding carboxylic acids is 1. The quantitative estimate of drug-likeness (QED) is 0.859. The van der Waals surface area contributed by atoms with Gasteiger partial charge in [0.2, 0.25) is 0 Å². The van der Waals surface area contributed by atoms with E-state index in [-0.39, 0.29) is 5.91 Å². The van der Waals surface area contributed by atoms with Gasteiger partial charge in [-0.2, -0.15) is 0 Å². The number of hydrogen-bond donors (Lipinski definition) is 2. The fourth-order valence-corrected chi connectivity index (χ4v) is 2.98. The van der Waals surface area contributed by atoms with Crippen LogP contribution in [0.25, 0.3) is 10.9 Å². The lowest BCUT2D eigenvalue weighted by Gasteiger charge is -2.22. The zero-order valence-electron chi connectivity index (χ0n) is 10.7. The maximum Gasteiger partial charge on any atom is 0.267 e. The molecule has 0 atom stereocenters. The number of H-pyrrole nitrogens is 1. The Morgan fingerprint density at radius 3 is 2.79 bits per heavy atom. The maximum atomic E-state index is 12.2. The van der Waals surface area contributed by atoms with Crippen molar-refractivity contribution in [3.05, 3.63) is 35.0 Å². The molecule has 0 radical (unpaired) electrons. The van der Waals surface area contributed by atoms with Crippen LogP contribution in [0.15, 0.2) is 24.3 Å². The molecule has 3 nitrogen and oxygen atoms in total. The Morgan fingerprint density at radius 1 is 1.26 bits per heavy atom. The minimum atomic E-state index is -0.0285. The molecule has 19 heavy (non-hydrogen) atoms. The highest BCUT2D eigenvalue weighted by Crippen LogP contribution is 2.24. The molecule has 2 aromatic rings. The lowest BCUT2D eigenvalue weighted by molar-refractivity contribution is 0.0923. The zero-order chi connectivity index (χ0) is 13.2. The first kappa shape index (κ1) is 12.5. The van der Waals surface area contributed by atoms with Crippen LogP contribution in [0, 0.1) is 0 Å². The molecule has 0 bridgehead atoms. The van der Waals surface area contributed by atoms with E-state index in [4.69, 9.17) is 11.6 Å². The minimum absolute atomic E-state index is 0.0285. The normalized spacial score (nSPS) is 16.7. The van der Waals surface area contributed by atoms with Crippen molar-refractivity contribution < 1.29 is 4.79 Å². The lowest BCUT2D eigenvalue weighted by atomic mass is 9.95. The summed E-state index contributed by atoms with van der Waals surface area (Å²) in [5, 5.41) is 4.72. The zero-order valence-corrected chi connectivity index (χ0v) is 11.5. The average Bonchev–Trinajstić information content (AvgIpc) is 2.85. The highest BCUT2D eigenvalue weighted by atomic mass is 35.5. The summed E-state index contributed by atoms with van der Waals surface area (Å²) in [5.74, 6) is -0.0285. The van der Waals surface area contributed by atoms with Crippen LogP contribution in [0.3, 0.4) is 0 Å². The van der Waals surface area contributed by atoms with Crippen molar-refractivity contribution >= 4 is 28.4 Å². The first-order chi connectivity index (χ1) is 9.24. The van der Waals surface area contributed by atoms with Gasteiger partial charge in [-0.15, -0.1) is 0 Å². The number of carbonyl (C=O) groups is 1. The van der Waals surface area contributed by atoms with E-state index in [0.29, 0.717) is 16.8 Å². The summed E-state index contributed by atoms with van der Waals surface area (Å²) in [6, 6.07) is 7.85. The number of amides is 1. The number of benzene rings is 1. The molecule has 4 heteroatoms. The van der Waals surface area contributed by atoms with E-state index >= 15 is 0 Å². The van der Waals surface area contributed by atoms with Crippen LogP contribution in [-0.4, -0.2) is 16.9 Å². The number of nitrogens with one attached hydrogen (secondary N) is 2. The van der Waals surface area contributed by atoms with Gasteiger partial charge in [0.05, 0.1) is 10.5 Å². The van der Waals surface area contributed by atoms with Crippen LogP contribution in [0.2, 0.25) is 5.02 Å². The molecular weight excluding hydrogens is 260 g/mol. The SMILES string of the molecule is O=C(NC1CCCCC1)c1cc2cccc(Cl)c2[nH]1. The van der Waals surface area contributed by atoms with E-state index in [1.165, 1.54) is 19.3 Å². The molecule has 2 N–H and O–H groups in total. The number of hydrogen-bond acceptors (Lipinski definition) is 1. The topological polar surface area (TPSA) is 44.9 Å². The molecule has 1 aliphatic rings. The summed E-state index contributed by atoms with van der Waals surface area (Å²) < 4.78 is 0. The van der Waals surface area contributed by atoms with Crippen molar-refractivity contribution in [1.82, 2.24) is 10.3 Å². The van der Waals surface area contributed by atoms with E-state index in [1.807, 2.05) is 24.3 Å². The summed E-state index contributed by atoms with van der Waals surface area (Å²) in [6.07, 6.45) is 5.89. The number of aromatic nitrogens is 1. The Balaban J connectivity index is 1.79. The Hall–Kier alpha value is -1.48. The van der Waals surface area contributed by atoms with Crippen LogP contribution in [-0.2, 0) is 0 Å². The summed E-state index contributed by atoms with van der Waals surface area (Å²) in [7, 11) is 0. The second kappa shape index (κ2) is 5.25. The van der Waals surface area contributed by atoms with E-state index in [1.54, 1.807) is 0 Å². The Bertz CT molecular complexity index is 599. The van der Waals surface area contributed by atoms with Gasteiger partial charge >= 0.3 is 0 Å². The van der Waals surface area contributed by atoms with Gasteiger partial charge in [0.25, 0.3) is 5.91 Å². The predicted octanol–water partition coefficient (Wildman–Crippen LogP) is 3.88. The predicted molar refractivity (Wildman–Crippen MR) is 77.6 cm³/mol. The molecule has 1 saturated carbocycles. The molecular formula is C15H17ClN2O. The molecule has 1 fully saturated rings. The van der Waals surface area contributed by atoms with Crippen molar-refractivity contribution in [2.75, 3.05) is 0 Å². The first-order valence-electron chi connectivity index (χ1n) is 6.82. The monoisotopic (exact) mass is 276 g/mol. The average molecular weight is 277 g/mol. The Morgan fingerprint density at radius 2 is 2.05 bits per heavy atom. The van der Waals surface area contributed by atoms with Crippen molar-refractivity contribution in [3.8, 4) is 0 Å².